The van der Waals surface area contributed by atoms with Crippen LogP contribution in [0.5, 0.6) is 5.75 Å². The molecule has 0 aliphatic carbocycles. The Morgan fingerprint density at radius 2 is 2.04 bits per heavy atom. The second-order valence-electron chi connectivity index (χ2n) is 5.44. The van der Waals surface area contributed by atoms with E-state index >= 15 is 0 Å². The molecule has 3 rings (SSSR count). The van der Waals surface area contributed by atoms with Crippen LogP contribution >= 0.6 is 11.3 Å². The number of nitrogens with one attached hydrogen (secondary N) is 1. The van der Waals surface area contributed by atoms with Crippen molar-refractivity contribution in [1.29, 1.82) is 0 Å². The van der Waals surface area contributed by atoms with Crippen LogP contribution in [0.4, 0.5) is 0 Å². The number of rotatable bonds is 7. The smallest absolute Gasteiger partial charge is 0.266 e. The maximum absolute atomic E-state index is 12.4. The molecule has 2 aromatic heterocycles. The number of carbonyl (C=O) groups is 1. The van der Waals surface area contributed by atoms with Crippen LogP contribution in [0.3, 0.4) is 0 Å². The summed E-state index contributed by atoms with van der Waals surface area (Å²) < 4.78 is 6.84. The molecule has 0 atom stereocenters. The van der Waals surface area contributed by atoms with Crippen LogP contribution in [0, 0.1) is 0 Å². The van der Waals surface area contributed by atoms with Crippen molar-refractivity contribution in [2.45, 2.75) is 13.5 Å². The normalized spacial score (nSPS) is 10.5. The first-order valence-corrected chi connectivity index (χ1v) is 9.19. The summed E-state index contributed by atoms with van der Waals surface area (Å²) in [5.74, 6) is 0.305. The summed E-state index contributed by atoms with van der Waals surface area (Å²) in [6.45, 7) is 2.94. The summed E-state index contributed by atoms with van der Waals surface area (Å²) in [6, 6.07) is 14.2. The molecule has 0 radical (unpaired) electrons. The second kappa shape index (κ2) is 8.44. The maximum Gasteiger partial charge on any atom is 0.266 e. The van der Waals surface area contributed by atoms with Gasteiger partial charge in [-0.15, -0.1) is 11.3 Å². The summed E-state index contributed by atoms with van der Waals surface area (Å²) in [5.41, 5.74) is 1.02. The van der Waals surface area contributed by atoms with E-state index in [-0.39, 0.29) is 11.5 Å². The van der Waals surface area contributed by atoms with Crippen LogP contribution in [-0.4, -0.2) is 28.8 Å². The fraction of sp³-hybridized carbons (Fsp3) is 0.211. The molecule has 1 aromatic carbocycles. The summed E-state index contributed by atoms with van der Waals surface area (Å²) in [6.07, 6.45) is 0. The van der Waals surface area contributed by atoms with E-state index in [4.69, 9.17) is 4.74 Å². The Bertz CT molecular complexity index is 935. The number of aromatic nitrogens is 2. The van der Waals surface area contributed by atoms with Crippen molar-refractivity contribution in [3.63, 3.8) is 0 Å². The summed E-state index contributed by atoms with van der Waals surface area (Å²) in [4.78, 5) is 25.4. The topological polar surface area (TPSA) is 73.2 Å². The lowest BCUT2D eigenvalue weighted by Crippen LogP contribution is -2.32. The lowest BCUT2D eigenvalue weighted by Gasteiger charge is -2.11. The highest BCUT2D eigenvalue weighted by atomic mass is 32.1. The zero-order valence-corrected chi connectivity index (χ0v) is 15.2. The highest BCUT2D eigenvalue weighted by Crippen LogP contribution is 2.21. The van der Waals surface area contributed by atoms with Crippen molar-refractivity contribution in [2.24, 2.45) is 0 Å². The van der Waals surface area contributed by atoms with Crippen LogP contribution in [0.25, 0.3) is 10.6 Å². The van der Waals surface area contributed by atoms with E-state index in [2.05, 4.69) is 10.4 Å². The first-order valence-electron chi connectivity index (χ1n) is 8.31. The molecule has 134 valence electrons. The third-order valence-corrected chi connectivity index (χ3v) is 4.57. The molecule has 3 aromatic rings. The number of thiophene rings is 1. The second-order valence-corrected chi connectivity index (χ2v) is 6.39. The number of para-hydroxylation sites is 1. The Morgan fingerprint density at radius 3 is 2.81 bits per heavy atom. The molecular weight excluding hydrogens is 350 g/mol. The molecular formula is C19H19N3O3S. The van der Waals surface area contributed by atoms with Gasteiger partial charge in [-0.3, -0.25) is 9.59 Å². The van der Waals surface area contributed by atoms with Crippen LogP contribution in [0.2, 0.25) is 0 Å². The minimum Gasteiger partial charge on any atom is -0.493 e. The largest absolute Gasteiger partial charge is 0.493 e. The molecule has 0 aliphatic heterocycles. The van der Waals surface area contributed by atoms with E-state index in [9.17, 15) is 9.59 Å². The molecule has 0 spiro atoms. The molecule has 0 saturated carbocycles. The molecule has 26 heavy (non-hydrogen) atoms. The number of ether oxygens (including phenoxy) is 1. The average molecular weight is 369 g/mol. The van der Waals surface area contributed by atoms with Crippen LogP contribution < -0.4 is 15.6 Å². The Labute approximate surface area is 155 Å². The molecule has 2 heterocycles. The van der Waals surface area contributed by atoms with Crippen molar-refractivity contribution in [3.8, 4) is 16.3 Å². The van der Waals surface area contributed by atoms with E-state index in [1.54, 1.807) is 35.6 Å². The highest BCUT2D eigenvalue weighted by molar-refractivity contribution is 7.13. The Kier molecular flexibility index (Phi) is 5.80. The van der Waals surface area contributed by atoms with Crippen molar-refractivity contribution in [1.82, 2.24) is 15.1 Å². The number of hydrogen-bond acceptors (Lipinski definition) is 5. The van der Waals surface area contributed by atoms with Crippen LogP contribution in [-0.2, 0) is 6.54 Å². The van der Waals surface area contributed by atoms with Crippen molar-refractivity contribution < 1.29 is 9.53 Å². The first kappa shape index (κ1) is 17.9. The molecule has 1 amide bonds. The Balaban J connectivity index is 1.66. The molecule has 1 N–H and O–H groups in total. The number of hydrogen-bond donors (Lipinski definition) is 1. The maximum atomic E-state index is 12.4. The highest BCUT2D eigenvalue weighted by Gasteiger charge is 2.11. The zero-order chi connectivity index (χ0) is 18.4. The monoisotopic (exact) mass is 369 g/mol. The van der Waals surface area contributed by atoms with Gasteiger partial charge in [0.25, 0.3) is 11.5 Å². The van der Waals surface area contributed by atoms with Gasteiger partial charge >= 0.3 is 0 Å². The number of carbonyl (C=O) groups excluding carboxylic acids is 1. The lowest BCUT2D eigenvalue weighted by molar-refractivity contribution is 0.0948. The molecule has 0 saturated heterocycles. The molecule has 0 unspecified atom stereocenters. The molecule has 6 nitrogen and oxygen atoms in total. The van der Waals surface area contributed by atoms with E-state index in [1.807, 2.05) is 30.5 Å². The Hall–Kier alpha value is -2.93. The van der Waals surface area contributed by atoms with E-state index in [0.29, 0.717) is 31.0 Å². The zero-order valence-electron chi connectivity index (χ0n) is 14.3. The van der Waals surface area contributed by atoms with Crippen molar-refractivity contribution in [2.75, 3.05) is 13.2 Å². The van der Waals surface area contributed by atoms with Gasteiger partial charge in [0.15, 0.2) is 0 Å². The van der Waals surface area contributed by atoms with Gasteiger partial charge in [-0.2, -0.15) is 5.10 Å². The lowest BCUT2D eigenvalue weighted by atomic mass is 10.2. The minimum atomic E-state index is -0.239. The van der Waals surface area contributed by atoms with Gasteiger partial charge in [0.05, 0.1) is 23.6 Å². The number of nitrogens with zero attached hydrogens (tertiary/aromatic N) is 2. The van der Waals surface area contributed by atoms with Crippen molar-refractivity contribution in [3.05, 3.63) is 69.8 Å². The fourth-order valence-corrected chi connectivity index (χ4v) is 3.16. The standard InChI is InChI=1S/C19H19N3O3S/c1-2-25-16-7-4-3-6-14(16)19(24)20-11-12-22-18(23)10-9-15(21-22)17-8-5-13-26-17/h3-10,13H,2,11-12H2,1H3,(H,20,24). The van der Waals surface area contributed by atoms with E-state index in [1.165, 1.54) is 10.7 Å². The van der Waals surface area contributed by atoms with E-state index < -0.39 is 0 Å². The van der Waals surface area contributed by atoms with Gasteiger partial charge in [0.1, 0.15) is 11.4 Å². The quantitative estimate of drug-likeness (QED) is 0.695. The summed E-state index contributed by atoms with van der Waals surface area (Å²) in [7, 11) is 0. The third kappa shape index (κ3) is 4.18. The van der Waals surface area contributed by atoms with Gasteiger partial charge in [-0.05, 0) is 36.6 Å². The molecule has 0 bridgehead atoms. The predicted molar refractivity (Wildman–Crippen MR) is 102 cm³/mol. The van der Waals surface area contributed by atoms with Gasteiger partial charge in [0.2, 0.25) is 0 Å². The van der Waals surface area contributed by atoms with Gasteiger partial charge in [-0.1, -0.05) is 18.2 Å². The first-order chi connectivity index (χ1) is 12.7. The van der Waals surface area contributed by atoms with Gasteiger partial charge in [-0.25, -0.2) is 4.68 Å². The average Bonchev–Trinajstić information content (AvgIpc) is 3.18. The predicted octanol–water partition coefficient (Wildman–Crippen LogP) is 2.80. The molecule has 0 fully saturated rings. The van der Waals surface area contributed by atoms with Crippen LogP contribution in [0.15, 0.2) is 58.7 Å². The number of benzene rings is 1. The SMILES string of the molecule is CCOc1ccccc1C(=O)NCCn1nc(-c2cccs2)ccc1=O. The van der Waals surface area contributed by atoms with E-state index in [0.717, 1.165) is 10.6 Å². The number of amides is 1. The summed E-state index contributed by atoms with van der Waals surface area (Å²) >= 11 is 1.56. The van der Waals surface area contributed by atoms with Gasteiger partial charge in [0, 0.05) is 12.6 Å². The Morgan fingerprint density at radius 1 is 1.19 bits per heavy atom. The van der Waals surface area contributed by atoms with Gasteiger partial charge < -0.3 is 10.1 Å². The summed E-state index contributed by atoms with van der Waals surface area (Å²) in [5, 5.41) is 9.14. The van der Waals surface area contributed by atoms with Crippen molar-refractivity contribution >= 4 is 17.2 Å². The minimum absolute atomic E-state index is 0.200. The molecule has 7 heteroatoms. The third-order valence-electron chi connectivity index (χ3n) is 3.68. The molecule has 0 aliphatic rings. The fourth-order valence-electron chi connectivity index (χ4n) is 2.47. The van der Waals surface area contributed by atoms with Crippen LogP contribution in [0.1, 0.15) is 17.3 Å².